The van der Waals surface area contributed by atoms with E-state index < -0.39 is 31.8 Å². The number of nitro benzene ring substituents is 2. The molecule has 0 aliphatic heterocycles. The quantitative estimate of drug-likeness (QED) is 0.444. The highest BCUT2D eigenvalue weighted by molar-refractivity contribution is 5.81. The number of nitrogens with zero attached hydrogens (tertiary/aromatic N) is 3. The lowest BCUT2D eigenvalue weighted by Crippen LogP contribution is -2.03. The van der Waals surface area contributed by atoms with Crippen LogP contribution in [0.15, 0.2) is 42.5 Å². The number of nitro groups is 3. The van der Waals surface area contributed by atoms with Crippen LogP contribution in [0.4, 0.5) is 11.4 Å². The number of non-ortho nitro benzene ring substituents is 1. The van der Waals surface area contributed by atoms with Gasteiger partial charge in [-0.1, -0.05) is 12.1 Å². The first-order valence-electron chi connectivity index (χ1n) is 6.77. The van der Waals surface area contributed by atoms with Crippen LogP contribution in [0.3, 0.4) is 0 Å². The van der Waals surface area contributed by atoms with Gasteiger partial charge < -0.3 is 4.74 Å². The molecule has 0 N–H and O–H groups in total. The summed E-state index contributed by atoms with van der Waals surface area (Å²) < 4.78 is 4.98. The summed E-state index contributed by atoms with van der Waals surface area (Å²) in [6.07, 6.45) is 1.15. The summed E-state index contributed by atoms with van der Waals surface area (Å²) in [6.45, 7) is 0. The third-order valence-electron chi connectivity index (χ3n) is 3.28. The topological polar surface area (TPSA) is 139 Å². The molecule has 0 aromatic heterocycles. The first-order chi connectivity index (χ1) is 11.8. The van der Waals surface area contributed by atoms with Gasteiger partial charge in [-0.05, 0) is 23.8 Å². The highest BCUT2D eigenvalue weighted by atomic mass is 16.6. The van der Waals surface area contributed by atoms with Crippen LogP contribution >= 0.6 is 0 Å². The number of rotatable bonds is 6. The second-order valence-corrected chi connectivity index (χ2v) is 4.78. The Balaban J connectivity index is 2.60. The second-order valence-electron chi connectivity index (χ2n) is 4.78. The van der Waals surface area contributed by atoms with Gasteiger partial charge in [-0.2, -0.15) is 0 Å². The third-order valence-corrected chi connectivity index (χ3v) is 3.28. The molecule has 0 aliphatic rings. The molecule has 0 saturated carbocycles. The standard InChI is InChI=1S/C15H11N3O7/c1-25-12-5-2-10(3-6-12)8-14(17(21)22)13-7-4-11(16(19)20)9-15(13)18(23)24/h2-9H,1H3/b14-8+. The summed E-state index contributed by atoms with van der Waals surface area (Å²) in [7, 11) is 1.47. The normalized spacial score (nSPS) is 11.0. The predicted molar refractivity (Wildman–Crippen MR) is 87.6 cm³/mol. The van der Waals surface area contributed by atoms with Gasteiger partial charge in [0.05, 0.1) is 27.9 Å². The van der Waals surface area contributed by atoms with E-state index in [-0.39, 0.29) is 5.56 Å². The van der Waals surface area contributed by atoms with Gasteiger partial charge in [-0.3, -0.25) is 30.3 Å². The second kappa shape index (κ2) is 7.17. The van der Waals surface area contributed by atoms with Crippen LogP contribution in [0.1, 0.15) is 11.1 Å². The fourth-order valence-corrected chi connectivity index (χ4v) is 2.09. The van der Waals surface area contributed by atoms with Gasteiger partial charge in [0.25, 0.3) is 17.1 Å². The van der Waals surface area contributed by atoms with Crippen LogP contribution in [0, 0.1) is 30.3 Å². The fourth-order valence-electron chi connectivity index (χ4n) is 2.09. The maximum Gasteiger partial charge on any atom is 0.290 e. The van der Waals surface area contributed by atoms with Crippen molar-refractivity contribution >= 4 is 23.1 Å². The Morgan fingerprint density at radius 3 is 2.08 bits per heavy atom. The van der Waals surface area contributed by atoms with E-state index in [4.69, 9.17) is 4.74 Å². The third kappa shape index (κ3) is 3.93. The maximum atomic E-state index is 11.4. The molecule has 0 radical (unpaired) electrons. The number of hydrogen-bond donors (Lipinski definition) is 0. The van der Waals surface area contributed by atoms with Crippen molar-refractivity contribution in [1.82, 2.24) is 0 Å². The molecule has 2 aromatic carbocycles. The van der Waals surface area contributed by atoms with Gasteiger partial charge in [-0.15, -0.1) is 0 Å². The minimum Gasteiger partial charge on any atom is -0.497 e. The van der Waals surface area contributed by atoms with Gasteiger partial charge in [0.2, 0.25) is 0 Å². The van der Waals surface area contributed by atoms with Crippen molar-refractivity contribution in [2.24, 2.45) is 0 Å². The molecule has 0 fully saturated rings. The highest BCUT2D eigenvalue weighted by Gasteiger charge is 2.28. The highest BCUT2D eigenvalue weighted by Crippen LogP contribution is 2.31. The van der Waals surface area contributed by atoms with Gasteiger partial charge >= 0.3 is 0 Å². The first-order valence-corrected chi connectivity index (χ1v) is 6.77. The van der Waals surface area contributed by atoms with Gasteiger partial charge in [0, 0.05) is 12.1 Å². The average molecular weight is 345 g/mol. The Labute approximate surface area is 140 Å². The van der Waals surface area contributed by atoms with E-state index in [2.05, 4.69) is 0 Å². The van der Waals surface area contributed by atoms with Gasteiger partial charge in [0.1, 0.15) is 11.3 Å². The van der Waals surface area contributed by atoms with Crippen LogP contribution in [0.5, 0.6) is 5.75 Å². The van der Waals surface area contributed by atoms with Gasteiger partial charge in [0.15, 0.2) is 0 Å². The van der Waals surface area contributed by atoms with E-state index in [1.165, 1.54) is 7.11 Å². The van der Waals surface area contributed by atoms with Crippen molar-refractivity contribution in [3.05, 3.63) is 83.9 Å². The molecule has 0 spiro atoms. The van der Waals surface area contributed by atoms with Crippen molar-refractivity contribution in [1.29, 1.82) is 0 Å². The Bertz CT molecular complexity index is 875. The molecule has 0 heterocycles. The van der Waals surface area contributed by atoms with Crippen molar-refractivity contribution in [2.75, 3.05) is 7.11 Å². The minimum absolute atomic E-state index is 0.323. The SMILES string of the molecule is COc1ccc(/C=C(\c2ccc([N+](=O)[O-])cc2[N+](=O)[O-])[N+](=O)[O-])cc1. The smallest absolute Gasteiger partial charge is 0.290 e. The molecule has 10 heteroatoms. The van der Waals surface area contributed by atoms with E-state index >= 15 is 0 Å². The number of benzene rings is 2. The molecule has 0 bridgehead atoms. The van der Waals surface area contributed by atoms with Crippen molar-refractivity contribution in [3.8, 4) is 5.75 Å². The Hall–Kier alpha value is -3.82. The van der Waals surface area contributed by atoms with Crippen molar-refractivity contribution in [2.45, 2.75) is 0 Å². The largest absolute Gasteiger partial charge is 0.497 e. The maximum absolute atomic E-state index is 11.4. The zero-order valence-corrected chi connectivity index (χ0v) is 12.8. The van der Waals surface area contributed by atoms with Crippen LogP contribution in [0.2, 0.25) is 0 Å². The zero-order valence-electron chi connectivity index (χ0n) is 12.8. The van der Waals surface area contributed by atoms with E-state index in [1.807, 2.05) is 0 Å². The first kappa shape index (κ1) is 17.5. The number of hydrogen-bond acceptors (Lipinski definition) is 7. The summed E-state index contributed by atoms with van der Waals surface area (Å²) in [5, 5.41) is 33.3. The molecule has 0 aliphatic carbocycles. The van der Waals surface area contributed by atoms with Crippen LogP contribution < -0.4 is 4.74 Å². The molecule has 10 nitrogen and oxygen atoms in total. The lowest BCUT2D eigenvalue weighted by atomic mass is 10.1. The molecule has 25 heavy (non-hydrogen) atoms. The average Bonchev–Trinajstić information content (AvgIpc) is 2.59. The lowest BCUT2D eigenvalue weighted by Gasteiger charge is -2.03. The molecule has 0 saturated heterocycles. The van der Waals surface area contributed by atoms with Crippen molar-refractivity contribution in [3.63, 3.8) is 0 Å². The zero-order chi connectivity index (χ0) is 18.6. The molecular formula is C15H11N3O7. The van der Waals surface area contributed by atoms with E-state index in [0.29, 0.717) is 17.4 Å². The van der Waals surface area contributed by atoms with Gasteiger partial charge in [-0.25, -0.2) is 0 Å². The molecule has 128 valence electrons. The molecular weight excluding hydrogens is 334 g/mol. The molecule has 2 aromatic rings. The van der Waals surface area contributed by atoms with E-state index in [1.54, 1.807) is 24.3 Å². The minimum atomic E-state index is -0.895. The summed E-state index contributed by atoms with van der Waals surface area (Å²) >= 11 is 0. The van der Waals surface area contributed by atoms with Crippen LogP contribution in [-0.2, 0) is 0 Å². The predicted octanol–water partition coefficient (Wildman–Crippen LogP) is 3.29. The fraction of sp³-hybridized carbons (Fsp3) is 0.0667. The van der Waals surface area contributed by atoms with Crippen molar-refractivity contribution < 1.29 is 19.5 Å². The molecule has 0 amide bonds. The van der Waals surface area contributed by atoms with Crippen LogP contribution in [-0.4, -0.2) is 21.9 Å². The summed E-state index contributed by atoms with van der Waals surface area (Å²) in [4.78, 5) is 30.8. The van der Waals surface area contributed by atoms with E-state index in [0.717, 1.165) is 18.2 Å². The number of methoxy groups -OCH3 is 1. The molecule has 0 atom stereocenters. The monoisotopic (exact) mass is 345 g/mol. The Morgan fingerprint density at radius 1 is 0.960 bits per heavy atom. The summed E-state index contributed by atoms with van der Waals surface area (Å²) in [5.74, 6) is 0.543. The summed E-state index contributed by atoms with van der Waals surface area (Å²) in [5.41, 5.74) is -1.70. The van der Waals surface area contributed by atoms with E-state index in [9.17, 15) is 30.3 Å². The Morgan fingerprint density at radius 2 is 1.60 bits per heavy atom. The Kier molecular flexibility index (Phi) is 5.03. The molecule has 0 unspecified atom stereocenters. The number of ether oxygens (including phenoxy) is 1. The summed E-state index contributed by atoms with van der Waals surface area (Å²) in [6, 6.07) is 8.91. The molecule has 2 rings (SSSR count). The van der Waals surface area contributed by atoms with Crippen LogP contribution in [0.25, 0.3) is 11.8 Å². The lowest BCUT2D eigenvalue weighted by molar-refractivity contribution is -0.397.